The van der Waals surface area contributed by atoms with E-state index < -0.39 is 0 Å². The highest BCUT2D eigenvalue weighted by molar-refractivity contribution is 4.77. The summed E-state index contributed by atoms with van der Waals surface area (Å²) in [5.41, 5.74) is 0. The van der Waals surface area contributed by atoms with E-state index in [0.29, 0.717) is 12.5 Å². The van der Waals surface area contributed by atoms with Gasteiger partial charge in [0.15, 0.2) is 0 Å². The van der Waals surface area contributed by atoms with Gasteiger partial charge >= 0.3 is 0 Å². The number of hydrogen-bond acceptors (Lipinski definition) is 3. The minimum atomic E-state index is 0.372. The van der Waals surface area contributed by atoms with Crippen LogP contribution in [0, 0.1) is 11.8 Å². The largest absolute Gasteiger partial charge is 0.396 e. The Hall–Kier alpha value is -0.120. The molecular formula is C13H26N2O. The fourth-order valence-electron chi connectivity index (χ4n) is 3.13. The van der Waals surface area contributed by atoms with Crippen LogP contribution in [-0.2, 0) is 0 Å². The van der Waals surface area contributed by atoms with E-state index in [9.17, 15) is 0 Å². The zero-order chi connectivity index (χ0) is 11.4. The maximum absolute atomic E-state index is 9.11. The van der Waals surface area contributed by atoms with E-state index in [0.717, 1.165) is 12.5 Å². The Morgan fingerprint density at radius 3 is 2.44 bits per heavy atom. The first-order chi connectivity index (χ1) is 7.78. The van der Waals surface area contributed by atoms with Gasteiger partial charge in [-0.3, -0.25) is 0 Å². The summed E-state index contributed by atoms with van der Waals surface area (Å²) in [6.07, 6.45) is 3.97. The lowest BCUT2D eigenvalue weighted by atomic mass is 10.1. The fourth-order valence-corrected chi connectivity index (χ4v) is 3.13. The zero-order valence-electron chi connectivity index (χ0n) is 10.6. The third-order valence-corrected chi connectivity index (χ3v) is 3.97. The van der Waals surface area contributed by atoms with E-state index in [4.69, 9.17) is 5.11 Å². The third kappa shape index (κ3) is 3.44. The van der Waals surface area contributed by atoms with Crippen molar-refractivity contribution in [2.75, 3.05) is 45.9 Å². The highest BCUT2D eigenvalue weighted by atomic mass is 16.3. The molecule has 3 nitrogen and oxygen atoms in total. The molecule has 0 aliphatic carbocycles. The van der Waals surface area contributed by atoms with E-state index in [1.807, 2.05) is 0 Å². The lowest BCUT2D eigenvalue weighted by Crippen LogP contribution is -2.33. The molecular weight excluding hydrogens is 200 g/mol. The monoisotopic (exact) mass is 226 g/mol. The van der Waals surface area contributed by atoms with E-state index in [2.05, 4.69) is 16.7 Å². The highest BCUT2D eigenvalue weighted by Crippen LogP contribution is 2.18. The lowest BCUT2D eigenvalue weighted by Gasteiger charge is -2.24. The van der Waals surface area contributed by atoms with Crippen LogP contribution in [0.3, 0.4) is 0 Å². The van der Waals surface area contributed by atoms with Crippen LogP contribution in [0.15, 0.2) is 0 Å². The van der Waals surface area contributed by atoms with E-state index in [1.165, 1.54) is 52.0 Å². The van der Waals surface area contributed by atoms with Crippen molar-refractivity contribution in [1.29, 1.82) is 0 Å². The molecule has 2 heterocycles. The van der Waals surface area contributed by atoms with E-state index >= 15 is 0 Å². The van der Waals surface area contributed by atoms with Gasteiger partial charge in [-0.2, -0.15) is 0 Å². The number of rotatable bonds is 5. The minimum absolute atomic E-state index is 0.372. The van der Waals surface area contributed by atoms with Gasteiger partial charge in [0.05, 0.1) is 0 Å². The van der Waals surface area contributed by atoms with Crippen molar-refractivity contribution in [2.24, 2.45) is 11.8 Å². The number of nitrogens with zero attached hydrogens (tertiary/aromatic N) is 2. The molecule has 0 aromatic heterocycles. The summed E-state index contributed by atoms with van der Waals surface area (Å²) < 4.78 is 0. The summed E-state index contributed by atoms with van der Waals surface area (Å²) in [7, 11) is 0. The molecule has 0 spiro atoms. The molecule has 2 aliphatic heterocycles. The van der Waals surface area contributed by atoms with E-state index in [-0.39, 0.29) is 0 Å². The number of hydrogen-bond donors (Lipinski definition) is 1. The first kappa shape index (κ1) is 12.3. The molecule has 2 unspecified atom stereocenters. The molecule has 2 aliphatic rings. The molecule has 2 atom stereocenters. The van der Waals surface area contributed by atoms with Crippen molar-refractivity contribution in [3.63, 3.8) is 0 Å². The van der Waals surface area contributed by atoms with Gasteiger partial charge in [0.2, 0.25) is 0 Å². The highest BCUT2D eigenvalue weighted by Gasteiger charge is 2.23. The van der Waals surface area contributed by atoms with Crippen LogP contribution >= 0.6 is 0 Å². The summed E-state index contributed by atoms with van der Waals surface area (Å²) in [5, 5.41) is 9.11. The van der Waals surface area contributed by atoms with Gasteiger partial charge in [0.1, 0.15) is 0 Å². The number of likely N-dealkylation sites (tertiary alicyclic amines) is 2. The summed E-state index contributed by atoms with van der Waals surface area (Å²) >= 11 is 0. The van der Waals surface area contributed by atoms with Crippen molar-refractivity contribution < 1.29 is 5.11 Å². The van der Waals surface area contributed by atoms with Crippen molar-refractivity contribution in [3.8, 4) is 0 Å². The van der Waals surface area contributed by atoms with Gasteiger partial charge in [-0.25, -0.2) is 0 Å². The quantitative estimate of drug-likeness (QED) is 0.758. The summed E-state index contributed by atoms with van der Waals surface area (Å²) in [5.74, 6) is 1.31. The standard InChI is InChI=1S/C13H26N2O/c1-12(8-14-5-2-3-6-14)9-15-7-4-13(10-15)11-16/h12-13,16H,2-11H2,1H3. The predicted molar refractivity (Wildman–Crippen MR) is 66.5 cm³/mol. The van der Waals surface area contributed by atoms with Crippen LogP contribution in [0.1, 0.15) is 26.2 Å². The lowest BCUT2D eigenvalue weighted by molar-refractivity contribution is 0.199. The topological polar surface area (TPSA) is 26.7 Å². The van der Waals surface area contributed by atoms with Gasteiger partial charge in [0, 0.05) is 26.2 Å². The summed E-state index contributed by atoms with van der Waals surface area (Å²) in [4.78, 5) is 5.13. The molecule has 2 rings (SSSR count). The molecule has 0 aromatic rings. The van der Waals surface area contributed by atoms with Gasteiger partial charge in [-0.05, 0) is 50.7 Å². The maximum atomic E-state index is 9.11. The number of aliphatic hydroxyl groups excluding tert-OH is 1. The SMILES string of the molecule is CC(CN1CCCC1)CN1CCC(CO)C1. The van der Waals surface area contributed by atoms with Gasteiger partial charge in [-0.15, -0.1) is 0 Å². The molecule has 0 aromatic carbocycles. The van der Waals surface area contributed by atoms with Crippen molar-refractivity contribution in [1.82, 2.24) is 9.80 Å². The first-order valence-electron chi connectivity index (χ1n) is 6.83. The van der Waals surface area contributed by atoms with Crippen LogP contribution in [0.25, 0.3) is 0 Å². The Morgan fingerprint density at radius 1 is 1.12 bits per heavy atom. The molecule has 0 radical (unpaired) electrons. The van der Waals surface area contributed by atoms with Crippen molar-refractivity contribution >= 4 is 0 Å². The van der Waals surface area contributed by atoms with Crippen LogP contribution < -0.4 is 0 Å². The zero-order valence-corrected chi connectivity index (χ0v) is 10.6. The molecule has 0 bridgehead atoms. The molecule has 2 saturated heterocycles. The van der Waals surface area contributed by atoms with Crippen LogP contribution in [0.4, 0.5) is 0 Å². The Labute approximate surface area is 99.4 Å². The van der Waals surface area contributed by atoms with Gasteiger partial charge in [-0.1, -0.05) is 6.92 Å². The molecule has 94 valence electrons. The second-order valence-electron chi connectivity index (χ2n) is 5.71. The second-order valence-corrected chi connectivity index (χ2v) is 5.71. The van der Waals surface area contributed by atoms with E-state index in [1.54, 1.807) is 0 Å². The maximum Gasteiger partial charge on any atom is 0.0471 e. The average molecular weight is 226 g/mol. The number of aliphatic hydroxyl groups is 1. The molecule has 0 amide bonds. The van der Waals surface area contributed by atoms with Gasteiger partial charge < -0.3 is 14.9 Å². The average Bonchev–Trinajstić information content (AvgIpc) is 2.89. The fraction of sp³-hybridized carbons (Fsp3) is 1.00. The van der Waals surface area contributed by atoms with Crippen LogP contribution in [0.2, 0.25) is 0 Å². The minimum Gasteiger partial charge on any atom is -0.396 e. The predicted octanol–water partition coefficient (Wildman–Crippen LogP) is 1.03. The first-order valence-corrected chi connectivity index (χ1v) is 6.83. The Balaban J connectivity index is 1.64. The second kappa shape index (κ2) is 5.99. The molecule has 2 fully saturated rings. The molecule has 0 saturated carbocycles. The molecule has 1 N–H and O–H groups in total. The molecule has 16 heavy (non-hydrogen) atoms. The van der Waals surface area contributed by atoms with Crippen LogP contribution in [0.5, 0.6) is 0 Å². The summed E-state index contributed by atoms with van der Waals surface area (Å²) in [6, 6.07) is 0. The molecule has 3 heteroatoms. The van der Waals surface area contributed by atoms with Crippen molar-refractivity contribution in [3.05, 3.63) is 0 Å². The van der Waals surface area contributed by atoms with Crippen LogP contribution in [-0.4, -0.2) is 60.8 Å². The Morgan fingerprint density at radius 2 is 1.81 bits per heavy atom. The Kier molecular flexibility index (Phi) is 4.62. The summed E-state index contributed by atoms with van der Waals surface area (Å²) in [6.45, 7) is 10.1. The van der Waals surface area contributed by atoms with Crippen molar-refractivity contribution in [2.45, 2.75) is 26.2 Å². The smallest absolute Gasteiger partial charge is 0.0471 e. The third-order valence-electron chi connectivity index (χ3n) is 3.97. The normalized spacial score (nSPS) is 30.0. The Bertz CT molecular complexity index is 204. The van der Waals surface area contributed by atoms with Gasteiger partial charge in [0.25, 0.3) is 0 Å².